The molecule has 0 aliphatic heterocycles. The summed E-state index contributed by atoms with van der Waals surface area (Å²) >= 11 is 21.3. The van der Waals surface area contributed by atoms with Crippen LogP contribution in [0.2, 0.25) is 0 Å². The van der Waals surface area contributed by atoms with E-state index in [1.807, 2.05) is 12.1 Å². The molecule has 7 heteroatoms. The van der Waals surface area contributed by atoms with E-state index in [4.69, 9.17) is 27.0 Å². The van der Waals surface area contributed by atoms with Crippen LogP contribution in [0.4, 0.5) is 0 Å². The molecule has 0 aromatic heterocycles. The van der Waals surface area contributed by atoms with Gasteiger partial charge in [0.25, 0.3) is 0 Å². The van der Waals surface area contributed by atoms with Crippen LogP contribution in [-0.2, 0) is 0 Å². The van der Waals surface area contributed by atoms with Gasteiger partial charge in [0.05, 0.1) is 0 Å². The van der Waals surface area contributed by atoms with E-state index < -0.39 is 6.85 Å². The van der Waals surface area contributed by atoms with E-state index >= 15 is 0 Å². The first-order valence-corrected chi connectivity index (χ1v) is 9.44. The molecule has 0 aliphatic carbocycles. The van der Waals surface area contributed by atoms with Gasteiger partial charge in [0.1, 0.15) is 0 Å². The van der Waals surface area contributed by atoms with Crippen molar-refractivity contribution in [3.05, 3.63) is 25.6 Å². The minimum absolute atomic E-state index is 0.643. The van der Waals surface area contributed by atoms with Crippen LogP contribution >= 0.6 is 77.1 Å². The van der Waals surface area contributed by atoms with Crippen LogP contribution in [0.25, 0.3) is 0 Å². The molecule has 0 saturated heterocycles. The van der Waals surface area contributed by atoms with Gasteiger partial charge >= 0.3 is 113 Å². The van der Waals surface area contributed by atoms with E-state index in [-0.39, 0.29) is 0 Å². The van der Waals surface area contributed by atoms with E-state index in [2.05, 4.69) is 47.8 Å². The molecule has 0 atom stereocenters. The Labute approximate surface area is 112 Å². The summed E-state index contributed by atoms with van der Waals surface area (Å²) < 4.78 is 7.86. The Kier molecular flexibility index (Phi) is 5.33. The maximum atomic E-state index is 5.62. The average molecular weight is 434 g/mol. The summed E-state index contributed by atoms with van der Waals surface area (Å²) in [5.41, 5.74) is 0. The standard InChI is InChI=1S/C6H4Br3Cl2OP/c7-3-1-4(8)6(5(9)2-3)12-13(10)11/h1-2H,13H2. The fraction of sp³-hybridized carbons (Fsp3) is 0. The van der Waals surface area contributed by atoms with Gasteiger partial charge in [-0.05, 0) is 0 Å². The van der Waals surface area contributed by atoms with Crippen molar-refractivity contribution in [3.8, 4) is 5.75 Å². The molecule has 1 nitrogen and oxygen atoms in total. The third-order valence-electron chi connectivity index (χ3n) is 1.17. The Morgan fingerprint density at radius 3 is 1.92 bits per heavy atom. The van der Waals surface area contributed by atoms with Crippen molar-refractivity contribution in [2.45, 2.75) is 0 Å². The van der Waals surface area contributed by atoms with Crippen LogP contribution in [0.5, 0.6) is 5.75 Å². The zero-order valence-corrected chi connectivity index (χ0v) is 13.5. The summed E-state index contributed by atoms with van der Waals surface area (Å²) in [5, 5.41) is 0. The number of halogens is 5. The molecule has 0 saturated carbocycles. The van der Waals surface area contributed by atoms with E-state index in [9.17, 15) is 0 Å². The van der Waals surface area contributed by atoms with Crippen molar-refractivity contribution in [3.63, 3.8) is 0 Å². The van der Waals surface area contributed by atoms with Crippen LogP contribution in [0.1, 0.15) is 0 Å². The number of rotatable bonds is 2. The van der Waals surface area contributed by atoms with Crippen molar-refractivity contribution in [1.29, 1.82) is 0 Å². The molecule has 1 aromatic rings. The maximum absolute atomic E-state index is 5.62. The summed E-state index contributed by atoms with van der Waals surface area (Å²) in [4.78, 5) is 0. The molecule has 74 valence electrons. The normalized spacial score (nSPS) is 11.3. The van der Waals surface area contributed by atoms with Crippen LogP contribution in [0.3, 0.4) is 0 Å². The zero-order valence-electron chi connectivity index (χ0n) is 6.03. The van der Waals surface area contributed by atoms with Gasteiger partial charge in [-0.25, -0.2) is 0 Å². The zero-order chi connectivity index (χ0) is 10.0. The van der Waals surface area contributed by atoms with Crippen LogP contribution in [0.15, 0.2) is 25.6 Å². The quantitative estimate of drug-likeness (QED) is 0.558. The first-order valence-electron chi connectivity index (χ1n) is 3.10. The molecule has 0 fully saturated rings. The molecule has 1 aromatic carbocycles. The number of hydrogen-bond acceptors (Lipinski definition) is 1. The first kappa shape index (κ1) is 12.5. The average Bonchev–Trinajstić information content (AvgIpc) is 1.96. The Bertz CT molecular complexity index is 298. The Morgan fingerprint density at radius 2 is 1.54 bits per heavy atom. The summed E-state index contributed by atoms with van der Waals surface area (Å²) in [6.07, 6.45) is 0. The van der Waals surface area contributed by atoms with E-state index in [0.717, 1.165) is 13.4 Å². The molecular weight excluding hydrogens is 430 g/mol. The summed E-state index contributed by atoms with van der Waals surface area (Å²) in [6, 6.07) is 3.73. The first-order chi connectivity index (χ1) is 6.00. The molecule has 0 radical (unpaired) electrons. The molecule has 0 aliphatic rings. The van der Waals surface area contributed by atoms with Gasteiger partial charge in [-0.2, -0.15) is 0 Å². The topological polar surface area (TPSA) is 9.23 Å². The van der Waals surface area contributed by atoms with Crippen molar-refractivity contribution >= 4 is 77.1 Å². The SMILES string of the molecule is Cl[PH2](Cl)Oc1c(Br)cc(Br)cc1Br. The molecule has 0 amide bonds. The van der Waals surface area contributed by atoms with Crippen molar-refractivity contribution in [2.75, 3.05) is 0 Å². The van der Waals surface area contributed by atoms with E-state index in [0.29, 0.717) is 5.75 Å². The fourth-order valence-electron chi connectivity index (χ4n) is 0.731. The molecule has 1 rings (SSSR count). The van der Waals surface area contributed by atoms with Crippen molar-refractivity contribution < 1.29 is 4.52 Å². The molecule has 0 N–H and O–H groups in total. The Hall–Kier alpha value is 1.47. The van der Waals surface area contributed by atoms with Crippen LogP contribution < -0.4 is 4.52 Å². The summed E-state index contributed by atoms with van der Waals surface area (Å²) in [6.45, 7) is -2.10. The van der Waals surface area contributed by atoms with Crippen LogP contribution in [-0.4, -0.2) is 0 Å². The van der Waals surface area contributed by atoms with Gasteiger partial charge < -0.3 is 0 Å². The van der Waals surface area contributed by atoms with E-state index in [1.165, 1.54) is 0 Å². The summed E-state index contributed by atoms with van der Waals surface area (Å²) in [7, 11) is 0. The van der Waals surface area contributed by atoms with E-state index in [1.54, 1.807) is 0 Å². The second kappa shape index (κ2) is 5.53. The monoisotopic (exact) mass is 430 g/mol. The van der Waals surface area contributed by atoms with Crippen molar-refractivity contribution in [2.24, 2.45) is 0 Å². The van der Waals surface area contributed by atoms with Gasteiger partial charge in [-0.1, -0.05) is 0 Å². The second-order valence-electron chi connectivity index (χ2n) is 2.08. The molecule has 0 heterocycles. The van der Waals surface area contributed by atoms with Gasteiger partial charge in [-0.3, -0.25) is 0 Å². The van der Waals surface area contributed by atoms with Gasteiger partial charge in [0, 0.05) is 0 Å². The predicted molar refractivity (Wildman–Crippen MR) is 71.6 cm³/mol. The molecule has 13 heavy (non-hydrogen) atoms. The third kappa shape index (κ3) is 3.84. The van der Waals surface area contributed by atoms with Gasteiger partial charge in [0.15, 0.2) is 0 Å². The fourth-order valence-corrected chi connectivity index (χ4v) is 4.49. The molecule has 0 spiro atoms. The Morgan fingerprint density at radius 1 is 1.08 bits per heavy atom. The predicted octanol–water partition coefficient (Wildman–Crippen LogP) is 5.52. The minimum atomic E-state index is -2.10. The van der Waals surface area contributed by atoms with Crippen LogP contribution in [0, 0.1) is 0 Å². The van der Waals surface area contributed by atoms with Gasteiger partial charge in [0.2, 0.25) is 0 Å². The number of benzene rings is 1. The summed E-state index contributed by atoms with van der Waals surface area (Å²) in [5.74, 6) is 0.643. The molecule has 0 unspecified atom stereocenters. The third-order valence-corrected chi connectivity index (χ3v) is 3.75. The molecule has 0 bridgehead atoms. The number of hydrogen-bond donors (Lipinski definition) is 0. The molecular formula is C6H4Br3Cl2OP. The van der Waals surface area contributed by atoms with Gasteiger partial charge in [-0.15, -0.1) is 0 Å². The van der Waals surface area contributed by atoms with Crippen molar-refractivity contribution in [1.82, 2.24) is 0 Å². The Balaban J connectivity index is 3.06. The second-order valence-corrected chi connectivity index (χ2v) is 8.51.